The van der Waals surface area contributed by atoms with Gasteiger partial charge in [0, 0.05) is 29.8 Å². The smallest absolute Gasteiger partial charge is 0.182 e. The lowest BCUT2D eigenvalue weighted by atomic mass is 9.84. The number of Topliss-reactive ketones (excluding diaryl/α,β-unsaturated/α-hetero) is 1. The number of anilines is 1. The molecule has 2 aromatic rings. The molecule has 0 radical (unpaired) electrons. The second kappa shape index (κ2) is 10.4. The lowest BCUT2D eigenvalue weighted by molar-refractivity contribution is 0.0943. The van der Waals surface area contributed by atoms with Gasteiger partial charge >= 0.3 is 0 Å². The fraction of sp³-hybridized carbons (Fsp3) is 0.562. The molecule has 1 aliphatic carbocycles. The highest BCUT2D eigenvalue weighted by Crippen LogP contribution is 2.58. The van der Waals surface area contributed by atoms with Crippen LogP contribution in [-0.4, -0.2) is 56.5 Å². The van der Waals surface area contributed by atoms with Gasteiger partial charge in [0.1, 0.15) is 11.6 Å². The fourth-order valence-corrected chi connectivity index (χ4v) is 6.22. The molecule has 0 aromatic heterocycles. The molecule has 1 N–H and O–H groups in total. The summed E-state index contributed by atoms with van der Waals surface area (Å²) in [5.74, 6) is 2.65. The van der Waals surface area contributed by atoms with Gasteiger partial charge in [-0.1, -0.05) is 20.8 Å². The van der Waals surface area contributed by atoms with E-state index in [9.17, 15) is 4.79 Å². The van der Waals surface area contributed by atoms with Crippen LogP contribution in [0.5, 0.6) is 17.2 Å². The molecule has 0 bridgehead atoms. The van der Waals surface area contributed by atoms with Gasteiger partial charge in [0.05, 0.1) is 38.1 Å². The number of nitrogens with zero attached hydrogens (tertiary/aromatic N) is 2. The highest BCUT2D eigenvalue weighted by molar-refractivity contribution is 6.07. The van der Waals surface area contributed by atoms with Gasteiger partial charge < -0.3 is 24.0 Å². The van der Waals surface area contributed by atoms with Crippen molar-refractivity contribution >= 4 is 17.3 Å². The summed E-state index contributed by atoms with van der Waals surface area (Å²) in [5.41, 5.74) is 4.15. The first kappa shape index (κ1) is 27.4. The summed E-state index contributed by atoms with van der Waals surface area (Å²) in [5, 5.41) is 9.10. The number of fused-ring (bicyclic) bond motifs is 2. The average Bonchev–Trinajstić information content (AvgIpc) is 3.69. The van der Waals surface area contributed by atoms with E-state index in [0.717, 1.165) is 66.9 Å². The van der Waals surface area contributed by atoms with E-state index in [0.29, 0.717) is 36.1 Å². The van der Waals surface area contributed by atoms with Crippen molar-refractivity contribution in [2.45, 2.75) is 77.7 Å². The summed E-state index contributed by atoms with van der Waals surface area (Å²) in [4.78, 5) is 18.4. The number of hydrogen-bond donors (Lipinski definition) is 1. The number of ether oxygens (including phenoxy) is 3. The first-order valence-corrected chi connectivity index (χ1v) is 14.5. The van der Waals surface area contributed by atoms with Gasteiger partial charge in [0.2, 0.25) is 0 Å². The second-order valence-electron chi connectivity index (χ2n) is 12.0. The van der Waals surface area contributed by atoms with Crippen LogP contribution in [0.15, 0.2) is 24.3 Å². The molecule has 39 heavy (non-hydrogen) atoms. The Hall–Kier alpha value is -3.22. The molecule has 1 spiro atoms. The lowest BCUT2D eigenvalue weighted by Crippen LogP contribution is -2.38. The quantitative estimate of drug-likeness (QED) is 0.382. The Labute approximate surface area is 232 Å². The zero-order valence-electron chi connectivity index (χ0n) is 24.4. The van der Waals surface area contributed by atoms with E-state index in [4.69, 9.17) is 19.6 Å². The van der Waals surface area contributed by atoms with Crippen molar-refractivity contribution in [1.82, 2.24) is 4.90 Å². The number of carbonyl (C=O) groups is 1. The molecule has 210 valence electrons. The lowest BCUT2D eigenvalue weighted by Gasteiger charge is -2.33. The van der Waals surface area contributed by atoms with E-state index in [1.807, 2.05) is 43.0 Å². The SMILES string of the molecule is CCOc1cc2c(cc1OCC)C1(CC1)N(CC(=O)c1cc(N3CCCCC3)c(OC)c(C(C)(C)C)c1)C2=N. The number of carbonyl (C=O) groups excluding carboxylic acids is 1. The maximum absolute atomic E-state index is 14.0. The first-order valence-electron chi connectivity index (χ1n) is 14.5. The van der Waals surface area contributed by atoms with Crippen molar-refractivity contribution in [1.29, 1.82) is 5.41 Å². The number of ketones is 1. The number of hydrogen-bond acceptors (Lipinski definition) is 6. The highest BCUT2D eigenvalue weighted by Gasteiger charge is 2.57. The van der Waals surface area contributed by atoms with Crippen LogP contribution in [0.3, 0.4) is 0 Å². The van der Waals surface area contributed by atoms with E-state index in [-0.39, 0.29) is 23.3 Å². The minimum absolute atomic E-state index is 0.0281. The van der Waals surface area contributed by atoms with Crippen molar-refractivity contribution in [2.75, 3.05) is 44.9 Å². The molecule has 7 heteroatoms. The van der Waals surface area contributed by atoms with Crippen LogP contribution in [0.1, 0.15) is 93.8 Å². The fourth-order valence-electron chi connectivity index (χ4n) is 6.22. The van der Waals surface area contributed by atoms with Crippen LogP contribution in [0.2, 0.25) is 0 Å². The predicted molar refractivity (Wildman–Crippen MR) is 155 cm³/mol. The summed E-state index contributed by atoms with van der Waals surface area (Å²) >= 11 is 0. The third-order valence-corrected chi connectivity index (χ3v) is 8.35. The molecular weight excluding hydrogens is 490 g/mol. The Morgan fingerprint density at radius 3 is 2.18 bits per heavy atom. The average molecular weight is 534 g/mol. The molecule has 5 rings (SSSR count). The van der Waals surface area contributed by atoms with Gasteiger partial charge in [-0.05, 0) is 81.2 Å². The van der Waals surface area contributed by atoms with Crippen molar-refractivity contribution in [3.63, 3.8) is 0 Å². The number of piperidine rings is 1. The monoisotopic (exact) mass is 533 g/mol. The maximum Gasteiger partial charge on any atom is 0.182 e. The highest BCUT2D eigenvalue weighted by atomic mass is 16.5. The first-order chi connectivity index (χ1) is 18.6. The van der Waals surface area contributed by atoms with Crippen LogP contribution in [0.4, 0.5) is 5.69 Å². The zero-order valence-corrected chi connectivity index (χ0v) is 24.4. The predicted octanol–water partition coefficient (Wildman–Crippen LogP) is 6.29. The molecular formula is C32H43N3O4. The van der Waals surface area contributed by atoms with Crippen molar-refractivity contribution in [3.05, 3.63) is 46.5 Å². The van der Waals surface area contributed by atoms with Crippen LogP contribution in [-0.2, 0) is 11.0 Å². The maximum atomic E-state index is 14.0. The molecule has 1 saturated carbocycles. The number of methoxy groups -OCH3 is 1. The van der Waals surface area contributed by atoms with Crippen LogP contribution in [0, 0.1) is 5.41 Å². The van der Waals surface area contributed by atoms with Gasteiger partial charge in [-0.2, -0.15) is 0 Å². The number of benzene rings is 2. The molecule has 1 saturated heterocycles. The van der Waals surface area contributed by atoms with Gasteiger partial charge in [0.15, 0.2) is 17.3 Å². The van der Waals surface area contributed by atoms with E-state index in [1.54, 1.807) is 7.11 Å². The third kappa shape index (κ3) is 4.85. The van der Waals surface area contributed by atoms with Gasteiger partial charge in [-0.3, -0.25) is 10.2 Å². The van der Waals surface area contributed by atoms with Crippen molar-refractivity contribution < 1.29 is 19.0 Å². The van der Waals surface area contributed by atoms with Crippen LogP contribution < -0.4 is 19.1 Å². The molecule has 0 unspecified atom stereocenters. The Kier molecular flexibility index (Phi) is 7.29. The molecule has 2 heterocycles. The Morgan fingerprint density at radius 2 is 1.62 bits per heavy atom. The van der Waals surface area contributed by atoms with E-state index < -0.39 is 0 Å². The summed E-state index contributed by atoms with van der Waals surface area (Å²) in [7, 11) is 1.73. The van der Waals surface area contributed by atoms with E-state index in [2.05, 4.69) is 25.7 Å². The molecule has 0 amide bonds. The Balaban J connectivity index is 1.50. The zero-order chi connectivity index (χ0) is 27.9. The van der Waals surface area contributed by atoms with Gasteiger partial charge in [-0.15, -0.1) is 0 Å². The number of amidine groups is 1. The van der Waals surface area contributed by atoms with Gasteiger partial charge in [-0.25, -0.2) is 0 Å². The Bertz CT molecular complexity index is 1270. The molecule has 2 aliphatic heterocycles. The summed E-state index contributed by atoms with van der Waals surface area (Å²) < 4.78 is 17.7. The van der Waals surface area contributed by atoms with Gasteiger partial charge in [0.25, 0.3) is 0 Å². The van der Waals surface area contributed by atoms with Crippen molar-refractivity contribution in [3.8, 4) is 17.2 Å². The molecule has 0 atom stereocenters. The van der Waals surface area contributed by atoms with E-state index in [1.165, 1.54) is 6.42 Å². The van der Waals surface area contributed by atoms with Crippen LogP contribution >= 0.6 is 0 Å². The number of nitrogens with one attached hydrogen (secondary N) is 1. The molecule has 2 fully saturated rings. The second-order valence-corrected chi connectivity index (χ2v) is 12.0. The third-order valence-electron chi connectivity index (χ3n) is 8.35. The van der Waals surface area contributed by atoms with Crippen molar-refractivity contribution in [2.24, 2.45) is 0 Å². The van der Waals surface area contributed by atoms with E-state index >= 15 is 0 Å². The van der Waals surface area contributed by atoms with Crippen LogP contribution in [0.25, 0.3) is 0 Å². The standard InChI is InChI=1S/C32H43N3O4/c1-7-38-27-18-22-23(19-28(27)39-8-2)32(12-13-32)35(30(22)33)20-26(36)21-16-24(31(3,4)5)29(37-6)25(17-21)34-14-10-9-11-15-34/h16-19,33H,7-15,20H2,1-6H3. The normalized spacial score (nSPS) is 17.8. The largest absolute Gasteiger partial charge is 0.494 e. The summed E-state index contributed by atoms with van der Waals surface area (Å²) in [6.07, 6.45) is 5.37. The molecule has 7 nitrogen and oxygen atoms in total. The Morgan fingerprint density at radius 1 is 0.974 bits per heavy atom. The minimum Gasteiger partial charge on any atom is -0.494 e. The summed E-state index contributed by atoms with van der Waals surface area (Å²) in [6, 6.07) is 8.00. The molecule has 3 aliphatic rings. The minimum atomic E-state index is -0.312. The topological polar surface area (TPSA) is 75.1 Å². The molecule has 2 aromatic carbocycles. The summed E-state index contributed by atoms with van der Waals surface area (Å²) in [6.45, 7) is 13.6. The number of rotatable bonds is 9.